The maximum atomic E-state index is 12.2. The van der Waals surface area contributed by atoms with Gasteiger partial charge < -0.3 is 20.9 Å². The molecule has 0 aromatic heterocycles. The number of nitrogens with one attached hydrogen (secondary N) is 3. The monoisotopic (exact) mass is 318 g/mol. The lowest BCUT2D eigenvalue weighted by molar-refractivity contribution is -0.115. The van der Waals surface area contributed by atoms with Crippen LogP contribution in [-0.2, 0) is 4.79 Å². The van der Waals surface area contributed by atoms with Crippen LogP contribution in [0.1, 0.15) is 29.6 Å². The van der Waals surface area contributed by atoms with Crippen LogP contribution in [0.15, 0.2) is 24.3 Å². The molecule has 0 radical (unpaired) electrons. The number of piperidine rings is 1. The fraction of sp³-hybridized carbons (Fsp3) is 0.529. The Kier molecular flexibility index (Phi) is 7.03. The molecule has 1 fully saturated rings. The first kappa shape index (κ1) is 17.4. The van der Waals surface area contributed by atoms with E-state index in [-0.39, 0.29) is 18.4 Å². The topological polar surface area (TPSA) is 73.5 Å². The van der Waals surface area contributed by atoms with Gasteiger partial charge in [0.2, 0.25) is 5.91 Å². The predicted octanol–water partition coefficient (Wildman–Crippen LogP) is 1.06. The van der Waals surface area contributed by atoms with Crippen LogP contribution in [-0.4, -0.2) is 56.5 Å². The van der Waals surface area contributed by atoms with Crippen LogP contribution in [0.2, 0.25) is 0 Å². The third-order valence-electron chi connectivity index (χ3n) is 3.91. The molecule has 1 heterocycles. The number of likely N-dealkylation sites (N-methyl/N-ethyl adjacent to an activating group) is 1. The van der Waals surface area contributed by atoms with E-state index in [1.54, 1.807) is 31.3 Å². The second kappa shape index (κ2) is 9.27. The van der Waals surface area contributed by atoms with Crippen molar-refractivity contribution in [1.29, 1.82) is 0 Å². The summed E-state index contributed by atoms with van der Waals surface area (Å²) < 4.78 is 0. The Morgan fingerprint density at radius 2 is 1.96 bits per heavy atom. The van der Waals surface area contributed by atoms with Crippen LogP contribution >= 0.6 is 0 Å². The minimum Gasteiger partial charge on any atom is -0.351 e. The zero-order chi connectivity index (χ0) is 16.5. The molecule has 1 aromatic carbocycles. The molecule has 1 aliphatic heterocycles. The van der Waals surface area contributed by atoms with Gasteiger partial charge in [0.25, 0.3) is 5.91 Å². The SMILES string of the molecule is CNCC(=O)Nc1cccc(C(=O)NCCN2CCCCC2)c1. The van der Waals surface area contributed by atoms with Gasteiger partial charge >= 0.3 is 0 Å². The zero-order valence-electron chi connectivity index (χ0n) is 13.7. The first-order valence-electron chi connectivity index (χ1n) is 8.24. The molecule has 23 heavy (non-hydrogen) atoms. The van der Waals surface area contributed by atoms with E-state index >= 15 is 0 Å². The number of hydrogen-bond donors (Lipinski definition) is 3. The Balaban J connectivity index is 1.80. The molecule has 3 N–H and O–H groups in total. The first-order valence-corrected chi connectivity index (χ1v) is 8.24. The highest BCUT2D eigenvalue weighted by Crippen LogP contribution is 2.11. The van der Waals surface area contributed by atoms with Crippen LogP contribution in [0, 0.1) is 0 Å². The first-order chi connectivity index (χ1) is 11.2. The van der Waals surface area contributed by atoms with E-state index in [2.05, 4.69) is 20.9 Å². The Morgan fingerprint density at radius 1 is 1.17 bits per heavy atom. The van der Waals surface area contributed by atoms with Gasteiger partial charge in [0.1, 0.15) is 0 Å². The molecule has 126 valence electrons. The van der Waals surface area contributed by atoms with E-state index < -0.39 is 0 Å². The van der Waals surface area contributed by atoms with Gasteiger partial charge in [0.05, 0.1) is 6.54 Å². The van der Waals surface area contributed by atoms with Gasteiger partial charge in [-0.1, -0.05) is 12.5 Å². The van der Waals surface area contributed by atoms with Gasteiger partial charge in [0.15, 0.2) is 0 Å². The molecule has 0 saturated carbocycles. The Hall–Kier alpha value is -1.92. The number of hydrogen-bond acceptors (Lipinski definition) is 4. The molecule has 1 aliphatic rings. The van der Waals surface area contributed by atoms with Gasteiger partial charge in [-0.3, -0.25) is 9.59 Å². The van der Waals surface area contributed by atoms with Crippen molar-refractivity contribution in [2.45, 2.75) is 19.3 Å². The smallest absolute Gasteiger partial charge is 0.251 e. The second-order valence-electron chi connectivity index (χ2n) is 5.82. The van der Waals surface area contributed by atoms with E-state index in [4.69, 9.17) is 0 Å². The molecule has 0 unspecified atom stereocenters. The minimum atomic E-state index is -0.129. The summed E-state index contributed by atoms with van der Waals surface area (Å²) in [6.45, 7) is 4.04. The average molecular weight is 318 g/mol. The van der Waals surface area contributed by atoms with Crippen molar-refractivity contribution >= 4 is 17.5 Å². The van der Waals surface area contributed by atoms with E-state index in [1.165, 1.54) is 19.3 Å². The molecule has 0 aliphatic carbocycles. The average Bonchev–Trinajstić information content (AvgIpc) is 2.56. The standard InChI is InChI=1S/C17H26N4O2/c1-18-13-16(22)20-15-7-5-6-14(12-15)17(23)19-8-11-21-9-3-2-4-10-21/h5-7,12,18H,2-4,8-11,13H2,1H3,(H,19,23)(H,20,22). The maximum Gasteiger partial charge on any atom is 0.251 e. The van der Waals surface area contributed by atoms with Crippen LogP contribution < -0.4 is 16.0 Å². The molecule has 2 rings (SSSR count). The lowest BCUT2D eigenvalue weighted by Crippen LogP contribution is -2.37. The van der Waals surface area contributed by atoms with Crippen molar-refractivity contribution in [3.63, 3.8) is 0 Å². The molecule has 0 spiro atoms. The summed E-state index contributed by atoms with van der Waals surface area (Å²) in [6.07, 6.45) is 3.82. The summed E-state index contributed by atoms with van der Waals surface area (Å²) in [5.74, 6) is -0.234. The lowest BCUT2D eigenvalue weighted by atomic mass is 10.1. The van der Waals surface area contributed by atoms with Crippen molar-refractivity contribution < 1.29 is 9.59 Å². The molecule has 1 saturated heterocycles. The van der Waals surface area contributed by atoms with E-state index in [0.29, 0.717) is 17.8 Å². The Labute approximate surface area is 137 Å². The highest BCUT2D eigenvalue weighted by Gasteiger charge is 2.11. The molecule has 0 bridgehead atoms. The highest BCUT2D eigenvalue weighted by atomic mass is 16.2. The number of rotatable bonds is 7. The fourth-order valence-corrected chi connectivity index (χ4v) is 2.72. The summed E-state index contributed by atoms with van der Waals surface area (Å²) in [5.41, 5.74) is 1.19. The number of benzene rings is 1. The summed E-state index contributed by atoms with van der Waals surface area (Å²) >= 11 is 0. The van der Waals surface area contributed by atoms with E-state index in [1.807, 2.05) is 0 Å². The summed E-state index contributed by atoms with van der Waals surface area (Å²) in [6, 6.07) is 7.00. The summed E-state index contributed by atoms with van der Waals surface area (Å²) in [4.78, 5) is 26.1. The highest BCUT2D eigenvalue weighted by molar-refractivity contribution is 5.97. The fourth-order valence-electron chi connectivity index (χ4n) is 2.72. The van der Waals surface area contributed by atoms with Gasteiger partial charge in [-0.15, -0.1) is 0 Å². The predicted molar refractivity (Wildman–Crippen MR) is 91.6 cm³/mol. The maximum absolute atomic E-state index is 12.2. The van der Waals surface area contributed by atoms with Crippen molar-refractivity contribution in [2.24, 2.45) is 0 Å². The van der Waals surface area contributed by atoms with Gasteiger partial charge in [-0.25, -0.2) is 0 Å². The Morgan fingerprint density at radius 3 is 2.70 bits per heavy atom. The lowest BCUT2D eigenvalue weighted by Gasteiger charge is -2.26. The minimum absolute atomic E-state index is 0.105. The van der Waals surface area contributed by atoms with Crippen LogP contribution in [0.3, 0.4) is 0 Å². The second-order valence-corrected chi connectivity index (χ2v) is 5.82. The third kappa shape index (κ3) is 6.00. The van der Waals surface area contributed by atoms with Crippen molar-refractivity contribution in [3.05, 3.63) is 29.8 Å². The normalized spacial score (nSPS) is 15.2. The molecular weight excluding hydrogens is 292 g/mol. The van der Waals surface area contributed by atoms with Crippen molar-refractivity contribution in [2.75, 3.05) is 45.1 Å². The molecule has 6 heteroatoms. The van der Waals surface area contributed by atoms with Crippen molar-refractivity contribution in [1.82, 2.24) is 15.5 Å². The number of nitrogens with zero attached hydrogens (tertiary/aromatic N) is 1. The van der Waals surface area contributed by atoms with E-state index in [0.717, 1.165) is 19.6 Å². The third-order valence-corrected chi connectivity index (χ3v) is 3.91. The van der Waals surface area contributed by atoms with Gasteiger partial charge in [-0.2, -0.15) is 0 Å². The van der Waals surface area contributed by atoms with Crippen LogP contribution in [0.5, 0.6) is 0 Å². The van der Waals surface area contributed by atoms with Crippen LogP contribution in [0.4, 0.5) is 5.69 Å². The quantitative estimate of drug-likeness (QED) is 0.703. The number of carbonyl (C=O) groups is 2. The van der Waals surface area contributed by atoms with E-state index in [9.17, 15) is 9.59 Å². The number of anilines is 1. The molecule has 2 amide bonds. The van der Waals surface area contributed by atoms with Gasteiger partial charge in [-0.05, 0) is 51.2 Å². The zero-order valence-corrected chi connectivity index (χ0v) is 13.7. The number of amides is 2. The Bertz CT molecular complexity index is 527. The largest absolute Gasteiger partial charge is 0.351 e. The summed E-state index contributed by atoms with van der Waals surface area (Å²) in [5, 5.41) is 8.49. The molecule has 1 aromatic rings. The molecule has 6 nitrogen and oxygen atoms in total. The number of likely N-dealkylation sites (tertiary alicyclic amines) is 1. The van der Waals surface area contributed by atoms with Crippen molar-refractivity contribution in [3.8, 4) is 0 Å². The van der Waals surface area contributed by atoms with Gasteiger partial charge in [0, 0.05) is 24.3 Å². The molecular formula is C17H26N4O2. The van der Waals surface area contributed by atoms with Crippen LogP contribution in [0.25, 0.3) is 0 Å². The number of carbonyl (C=O) groups excluding carboxylic acids is 2. The summed E-state index contributed by atoms with van der Waals surface area (Å²) in [7, 11) is 1.71. The molecule has 0 atom stereocenters.